The lowest BCUT2D eigenvalue weighted by atomic mass is 9.77. The molecule has 1 saturated heterocycles. The third kappa shape index (κ3) is 4.85. The van der Waals surface area contributed by atoms with Crippen LogP contribution >= 0.6 is 0 Å². The molecule has 0 saturated carbocycles. The van der Waals surface area contributed by atoms with Crippen molar-refractivity contribution in [1.29, 1.82) is 0 Å². The quantitative estimate of drug-likeness (QED) is 0.277. The number of nitrogens with zero attached hydrogens (tertiary/aromatic N) is 1. The maximum Gasteiger partial charge on any atom is 0.331 e. The van der Waals surface area contributed by atoms with Crippen molar-refractivity contribution in [3.63, 3.8) is 0 Å². The van der Waals surface area contributed by atoms with Gasteiger partial charge in [0.2, 0.25) is 18.6 Å². The molecular formula is C26H29N3O7. The number of fused-ring (bicyclic) bond motifs is 1. The van der Waals surface area contributed by atoms with Crippen LogP contribution in [0.2, 0.25) is 0 Å². The Morgan fingerprint density at radius 2 is 1.81 bits per heavy atom. The van der Waals surface area contributed by atoms with E-state index in [0.717, 1.165) is 10.5 Å². The summed E-state index contributed by atoms with van der Waals surface area (Å²) < 4.78 is 21.5. The third-order valence-electron chi connectivity index (χ3n) is 6.27. The summed E-state index contributed by atoms with van der Waals surface area (Å²) in [5, 5.41) is 5.60. The molecule has 2 heterocycles. The van der Waals surface area contributed by atoms with Crippen molar-refractivity contribution in [3.05, 3.63) is 60.2 Å². The number of methoxy groups -OCH3 is 2. The summed E-state index contributed by atoms with van der Waals surface area (Å²) in [6.45, 7) is 4.24. The third-order valence-corrected chi connectivity index (χ3v) is 6.27. The molecule has 0 aliphatic carbocycles. The largest absolute Gasteiger partial charge is 0.493 e. The van der Waals surface area contributed by atoms with Crippen LogP contribution in [0.3, 0.4) is 0 Å². The van der Waals surface area contributed by atoms with E-state index in [-0.39, 0.29) is 26.3 Å². The van der Waals surface area contributed by atoms with Gasteiger partial charge >= 0.3 is 6.03 Å². The number of carbonyl (C=O) groups is 3. The lowest BCUT2D eigenvalue weighted by molar-refractivity contribution is -0.150. The molecule has 0 bridgehead atoms. The summed E-state index contributed by atoms with van der Waals surface area (Å²) >= 11 is 0. The zero-order chi connectivity index (χ0) is 25.7. The fraction of sp³-hybridized carbons (Fsp3) is 0.346. The summed E-state index contributed by atoms with van der Waals surface area (Å²) in [6, 6.07) is 10.2. The molecule has 1 unspecified atom stereocenters. The van der Waals surface area contributed by atoms with Gasteiger partial charge in [-0.2, -0.15) is 0 Å². The Morgan fingerprint density at radius 3 is 2.56 bits per heavy atom. The monoisotopic (exact) mass is 495 g/mol. The van der Waals surface area contributed by atoms with Gasteiger partial charge in [0.05, 0.1) is 14.2 Å². The second-order valence-corrected chi connectivity index (χ2v) is 8.53. The van der Waals surface area contributed by atoms with Gasteiger partial charge in [0.25, 0.3) is 0 Å². The lowest BCUT2D eigenvalue weighted by Crippen LogP contribution is -2.67. The number of benzene rings is 2. The van der Waals surface area contributed by atoms with Crippen molar-refractivity contribution < 1.29 is 33.3 Å². The topological polar surface area (TPSA) is 115 Å². The highest BCUT2D eigenvalue weighted by atomic mass is 16.7. The number of amides is 4. The lowest BCUT2D eigenvalue weighted by Gasteiger charge is -2.39. The second kappa shape index (κ2) is 10.7. The van der Waals surface area contributed by atoms with E-state index in [2.05, 4.69) is 17.2 Å². The van der Waals surface area contributed by atoms with Crippen molar-refractivity contribution in [3.8, 4) is 23.0 Å². The van der Waals surface area contributed by atoms with E-state index in [1.54, 1.807) is 32.4 Å². The molecule has 4 rings (SSSR count). The van der Waals surface area contributed by atoms with Crippen LogP contribution in [0.25, 0.3) is 0 Å². The fourth-order valence-electron chi connectivity index (χ4n) is 4.37. The van der Waals surface area contributed by atoms with Crippen LogP contribution in [-0.2, 0) is 22.4 Å². The van der Waals surface area contributed by atoms with E-state index in [1.165, 1.54) is 6.08 Å². The molecule has 1 fully saturated rings. The minimum Gasteiger partial charge on any atom is -0.493 e. The van der Waals surface area contributed by atoms with Crippen LogP contribution in [0.15, 0.2) is 49.1 Å². The molecule has 2 aliphatic rings. The van der Waals surface area contributed by atoms with Crippen LogP contribution in [0, 0.1) is 5.41 Å². The molecule has 0 aromatic heterocycles. The number of hydrogen-bond acceptors (Lipinski definition) is 8. The van der Waals surface area contributed by atoms with Crippen molar-refractivity contribution in [1.82, 2.24) is 15.5 Å². The number of carbonyl (C=O) groups excluding carboxylic acids is 3. The molecule has 2 aliphatic heterocycles. The first-order valence-corrected chi connectivity index (χ1v) is 11.5. The maximum atomic E-state index is 13.6. The first kappa shape index (κ1) is 25.1. The van der Waals surface area contributed by atoms with Crippen LogP contribution in [0.4, 0.5) is 4.79 Å². The SMILES string of the molecule is C=CCN1C(=O)NC(=O)C(CNCCc2ccc(OC)c(OC)c2)(Cc2ccc3c(c2)OCO3)C1=O. The van der Waals surface area contributed by atoms with E-state index in [4.69, 9.17) is 18.9 Å². The summed E-state index contributed by atoms with van der Waals surface area (Å²) in [7, 11) is 3.15. The molecule has 0 radical (unpaired) electrons. The van der Waals surface area contributed by atoms with Gasteiger partial charge in [-0.25, -0.2) is 4.79 Å². The van der Waals surface area contributed by atoms with Gasteiger partial charge in [0, 0.05) is 13.1 Å². The van der Waals surface area contributed by atoms with Crippen molar-refractivity contribution in [2.45, 2.75) is 12.8 Å². The molecule has 190 valence electrons. The number of imide groups is 2. The highest BCUT2D eigenvalue weighted by Crippen LogP contribution is 2.36. The summed E-state index contributed by atoms with van der Waals surface area (Å²) in [5.74, 6) is 1.18. The van der Waals surface area contributed by atoms with Gasteiger partial charge in [-0.3, -0.25) is 19.8 Å². The fourth-order valence-corrected chi connectivity index (χ4v) is 4.37. The number of nitrogens with one attached hydrogen (secondary N) is 2. The molecule has 4 amide bonds. The van der Waals surface area contributed by atoms with Crippen LogP contribution in [0.5, 0.6) is 23.0 Å². The first-order valence-electron chi connectivity index (χ1n) is 11.5. The van der Waals surface area contributed by atoms with Crippen molar-refractivity contribution in [2.75, 3.05) is 40.6 Å². The predicted molar refractivity (Wildman–Crippen MR) is 130 cm³/mol. The van der Waals surface area contributed by atoms with Gasteiger partial charge in [-0.05, 0) is 54.8 Å². The minimum atomic E-state index is -1.54. The summed E-state index contributed by atoms with van der Waals surface area (Å²) in [4.78, 5) is 40.2. The van der Waals surface area contributed by atoms with Gasteiger partial charge in [-0.1, -0.05) is 18.2 Å². The Balaban J connectivity index is 1.54. The van der Waals surface area contributed by atoms with Gasteiger partial charge < -0.3 is 24.3 Å². The van der Waals surface area contributed by atoms with Crippen LogP contribution < -0.4 is 29.6 Å². The number of urea groups is 1. The zero-order valence-corrected chi connectivity index (χ0v) is 20.3. The minimum absolute atomic E-state index is 0.00746. The van der Waals surface area contributed by atoms with Gasteiger partial charge in [-0.15, -0.1) is 6.58 Å². The van der Waals surface area contributed by atoms with E-state index in [0.29, 0.717) is 41.5 Å². The second-order valence-electron chi connectivity index (χ2n) is 8.53. The van der Waals surface area contributed by atoms with E-state index in [1.807, 2.05) is 18.2 Å². The maximum absolute atomic E-state index is 13.6. The molecule has 1 atom stereocenters. The molecule has 10 nitrogen and oxygen atoms in total. The summed E-state index contributed by atoms with van der Waals surface area (Å²) in [5.41, 5.74) is 0.160. The number of ether oxygens (including phenoxy) is 4. The predicted octanol–water partition coefficient (Wildman–Crippen LogP) is 2.06. The Morgan fingerprint density at radius 1 is 1.06 bits per heavy atom. The summed E-state index contributed by atoms with van der Waals surface area (Å²) in [6.07, 6.45) is 2.13. The standard InChI is InChI=1S/C26H29N3O7/c1-4-11-29-24(31)26(23(30)28-25(29)32,14-18-6-8-20-22(13-18)36-16-35-20)15-27-10-9-17-5-7-19(33-2)21(12-17)34-3/h4-8,12-13,27H,1,9-11,14-16H2,2-3H3,(H,28,30,32). The van der Waals surface area contributed by atoms with Crippen LogP contribution in [-0.4, -0.2) is 63.4 Å². The molecule has 10 heteroatoms. The normalized spacial score (nSPS) is 18.7. The Kier molecular flexibility index (Phi) is 7.44. The van der Waals surface area contributed by atoms with E-state index in [9.17, 15) is 14.4 Å². The Labute approximate surface area is 209 Å². The van der Waals surface area contributed by atoms with Crippen molar-refractivity contribution in [2.24, 2.45) is 5.41 Å². The zero-order valence-electron chi connectivity index (χ0n) is 20.3. The molecule has 2 aromatic rings. The molecule has 36 heavy (non-hydrogen) atoms. The number of rotatable bonds is 11. The molecule has 2 N–H and O–H groups in total. The van der Waals surface area contributed by atoms with Gasteiger partial charge in [0.1, 0.15) is 5.41 Å². The number of hydrogen-bond donors (Lipinski definition) is 2. The smallest absolute Gasteiger partial charge is 0.331 e. The van der Waals surface area contributed by atoms with Crippen molar-refractivity contribution >= 4 is 17.8 Å². The Bertz CT molecular complexity index is 1180. The number of barbiturate groups is 1. The average Bonchev–Trinajstić information content (AvgIpc) is 3.35. The average molecular weight is 496 g/mol. The highest BCUT2D eigenvalue weighted by molar-refractivity contribution is 6.19. The highest BCUT2D eigenvalue weighted by Gasteiger charge is 2.53. The van der Waals surface area contributed by atoms with E-state index >= 15 is 0 Å². The first-order chi connectivity index (χ1) is 17.4. The molecule has 2 aromatic carbocycles. The molecule has 0 spiro atoms. The van der Waals surface area contributed by atoms with Crippen LogP contribution in [0.1, 0.15) is 11.1 Å². The Hall–Kier alpha value is -4.05. The van der Waals surface area contributed by atoms with Gasteiger partial charge in [0.15, 0.2) is 23.0 Å². The molecular weight excluding hydrogens is 466 g/mol. The van der Waals surface area contributed by atoms with E-state index < -0.39 is 23.3 Å².